The molecule has 2 aromatic carbocycles. The Morgan fingerprint density at radius 1 is 1.16 bits per heavy atom. The van der Waals surface area contributed by atoms with Gasteiger partial charge in [0.15, 0.2) is 0 Å². The van der Waals surface area contributed by atoms with Crippen LogP contribution in [0.3, 0.4) is 0 Å². The fraction of sp³-hybridized carbons (Fsp3) is 0.278. The maximum atomic E-state index is 13.6. The predicted molar refractivity (Wildman–Crippen MR) is 89.0 cm³/mol. The van der Waals surface area contributed by atoms with E-state index in [4.69, 9.17) is 0 Å². The second-order valence-corrected chi connectivity index (χ2v) is 5.58. The lowest BCUT2D eigenvalue weighted by Gasteiger charge is -2.24. The Bertz CT molecular complexity index is 708. The van der Waals surface area contributed by atoms with Crippen LogP contribution >= 0.6 is 0 Å². The van der Waals surface area contributed by atoms with Gasteiger partial charge in [-0.25, -0.2) is 4.39 Å². The first-order valence-corrected chi connectivity index (χ1v) is 7.66. The highest BCUT2D eigenvalue weighted by molar-refractivity contribution is 5.94. The molecule has 0 aromatic heterocycles. The Morgan fingerprint density at radius 3 is 2.40 bits per heavy atom. The Hall–Kier alpha value is -2.54. The van der Waals surface area contributed by atoms with Crippen molar-refractivity contribution in [1.29, 1.82) is 0 Å². The molecule has 0 aliphatic heterocycles. The summed E-state index contributed by atoms with van der Waals surface area (Å²) in [5.41, 5.74) is 0.955. The third kappa shape index (κ3) is 5.49. The van der Waals surface area contributed by atoms with Gasteiger partial charge in [-0.05, 0) is 43.8 Å². The van der Waals surface area contributed by atoms with Gasteiger partial charge in [0.05, 0.1) is 11.7 Å². The number of hydrogen-bond acceptors (Lipinski definition) is 3. The van der Waals surface area contributed by atoms with E-state index >= 15 is 0 Å². The van der Waals surface area contributed by atoms with Crippen molar-refractivity contribution in [2.45, 2.75) is 26.1 Å². The van der Waals surface area contributed by atoms with Crippen molar-refractivity contribution >= 4 is 11.6 Å². The molecule has 1 unspecified atom stereocenters. The standard InChI is InChI=1S/C18H19F3N2O2/c1-12(17(24)22-16-6-4-3-5-15(16)19)23(2)11-13-7-9-14(10-8-13)25-18(20)21/h3-10,12,18H,11H2,1-2H3,(H,22,24). The van der Waals surface area contributed by atoms with E-state index in [1.54, 1.807) is 43.1 Å². The molecule has 0 radical (unpaired) electrons. The predicted octanol–water partition coefficient (Wildman–Crippen LogP) is 3.89. The fourth-order valence-corrected chi connectivity index (χ4v) is 2.20. The summed E-state index contributed by atoms with van der Waals surface area (Å²) in [5.74, 6) is -0.766. The number of carbonyl (C=O) groups excluding carboxylic acids is 1. The number of rotatable bonds is 7. The van der Waals surface area contributed by atoms with Gasteiger partial charge in [0, 0.05) is 6.54 Å². The van der Waals surface area contributed by atoms with Crippen molar-refractivity contribution in [3.63, 3.8) is 0 Å². The van der Waals surface area contributed by atoms with Crippen LogP contribution in [0.4, 0.5) is 18.9 Å². The van der Waals surface area contributed by atoms with Crippen LogP contribution in [0.25, 0.3) is 0 Å². The van der Waals surface area contributed by atoms with Crippen LogP contribution in [-0.2, 0) is 11.3 Å². The van der Waals surface area contributed by atoms with Crippen molar-refractivity contribution in [3.8, 4) is 5.75 Å². The van der Waals surface area contributed by atoms with Crippen molar-refractivity contribution in [2.24, 2.45) is 0 Å². The summed E-state index contributed by atoms with van der Waals surface area (Å²) in [4.78, 5) is 14.0. The van der Waals surface area contributed by atoms with Gasteiger partial charge in [0.2, 0.25) is 5.91 Å². The normalized spacial score (nSPS) is 12.3. The van der Waals surface area contributed by atoms with Crippen LogP contribution in [-0.4, -0.2) is 30.5 Å². The molecule has 1 atom stereocenters. The second kappa shape index (κ2) is 8.53. The monoisotopic (exact) mass is 352 g/mol. The highest BCUT2D eigenvalue weighted by Gasteiger charge is 2.19. The molecule has 0 fully saturated rings. The van der Waals surface area contributed by atoms with Gasteiger partial charge in [-0.2, -0.15) is 8.78 Å². The molecule has 0 aliphatic carbocycles. The number of alkyl halides is 2. The summed E-state index contributed by atoms with van der Waals surface area (Å²) in [5, 5.41) is 2.55. The molecule has 7 heteroatoms. The maximum Gasteiger partial charge on any atom is 0.387 e. The average Bonchev–Trinajstić information content (AvgIpc) is 2.57. The van der Waals surface area contributed by atoms with Gasteiger partial charge < -0.3 is 10.1 Å². The zero-order valence-electron chi connectivity index (χ0n) is 13.9. The molecule has 1 N–H and O–H groups in total. The van der Waals surface area contributed by atoms with Gasteiger partial charge in [0.1, 0.15) is 11.6 Å². The molecular formula is C18H19F3N2O2. The number of anilines is 1. The number of nitrogens with one attached hydrogen (secondary N) is 1. The van der Waals surface area contributed by atoms with Crippen LogP contribution in [0.5, 0.6) is 5.75 Å². The van der Waals surface area contributed by atoms with E-state index in [-0.39, 0.29) is 17.3 Å². The topological polar surface area (TPSA) is 41.6 Å². The molecule has 134 valence electrons. The van der Waals surface area contributed by atoms with Crippen LogP contribution in [0.15, 0.2) is 48.5 Å². The molecule has 1 amide bonds. The van der Waals surface area contributed by atoms with Crippen molar-refractivity contribution < 1.29 is 22.7 Å². The summed E-state index contributed by atoms with van der Waals surface area (Å²) in [6.07, 6.45) is 0. The first-order valence-electron chi connectivity index (χ1n) is 7.66. The summed E-state index contributed by atoms with van der Waals surface area (Å²) in [6.45, 7) is -0.749. The van der Waals surface area contributed by atoms with E-state index in [9.17, 15) is 18.0 Å². The molecule has 0 bridgehead atoms. The van der Waals surface area contributed by atoms with Crippen molar-refractivity contribution in [3.05, 3.63) is 59.9 Å². The minimum absolute atomic E-state index is 0.0757. The van der Waals surface area contributed by atoms with Gasteiger partial charge in [0.25, 0.3) is 0 Å². The van der Waals surface area contributed by atoms with E-state index in [0.717, 1.165) is 5.56 Å². The third-order valence-corrected chi connectivity index (χ3v) is 3.75. The summed E-state index contributed by atoms with van der Waals surface area (Å²) in [7, 11) is 1.75. The van der Waals surface area contributed by atoms with E-state index in [1.807, 2.05) is 0 Å². The summed E-state index contributed by atoms with van der Waals surface area (Å²) in [6, 6.07) is 11.6. The zero-order valence-corrected chi connectivity index (χ0v) is 13.9. The molecule has 25 heavy (non-hydrogen) atoms. The van der Waals surface area contributed by atoms with Gasteiger partial charge in [-0.3, -0.25) is 9.69 Å². The molecule has 2 rings (SSSR count). The minimum Gasteiger partial charge on any atom is -0.435 e. The van der Waals surface area contributed by atoms with Crippen molar-refractivity contribution in [1.82, 2.24) is 4.90 Å². The highest BCUT2D eigenvalue weighted by atomic mass is 19.3. The van der Waals surface area contributed by atoms with Crippen molar-refractivity contribution in [2.75, 3.05) is 12.4 Å². The third-order valence-electron chi connectivity index (χ3n) is 3.75. The van der Waals surface area contributed by atoms with Crippen LogP contribution in [0.1, 0.15) is 12.5 Å². The number of para-hydroxylation sites is 1. The van der Waals surface area contributed by atoms with Crippen LogP contribution < -0.4 is 10.1 Å². The zero-order chi connectivity index (χ0) is 18.4. The lowest BCUT2D eigenvalue weighted by Crippen LogP contribution is -2.39. The number of carbonyl (C=O) groups is 1. The maximum absolute atomic E-state index is 13.6. The quantitative estimate of drug-likeness (QED) is 0.822. The Balaban J connectivity index is 1.94. The lowest BCUT2D eigenvalue weighted by molar-refractivity contribution is -0.120. The van der Waals surface area contributed by atoms with Gasteiger partial charge in [-0.1, -0.05) is 24.3 Å². The number of hydrogen-bond donors (Lipinski definition) is 1. The second-order valence-electron chi connectivity index (χ2n) is 5.58. The number of likely N-dealkylation sites (N-methyl/N-ethyl adjacent to an activating group) is 1. The molecule has 0 aliphatic rings. The Kier molecular flexibility index (Phi) is 6.41. The SMILES string of the molecule is CC(C(=O)Nc1ccccc1F)N(C)Cc1ccc(OC(F)F)cc1. The molecule has 0 saturated heterocycles. The smallest absolute Gasteiger partial charge is 0.387 e. The number of nitrogens with zero attached hydrogens (tertiary/aromatic N) is 1. The molecule has 0 spiro atoms. The Morgan fingerprint density at radius 2 is 1.80 bits per heavy atom. The fourth-order valence-electron chi connectivity index (χ4n) is 2.20. The minimum atomic E-state index is -2.87. The summed E-state index contributed by atoms with van der Waals surface area (Å²) < 4.78 is 42.2. The van der Waals surface area contributed by atoms with E-state index in [1.165, 1.54) is 24.3 Å². The van der Waals surface area contributed by atoms with E-state index in [2.05, 4.69) is 10.1 Å². The summed E-state index contributed by atoms with van der Waals surface area (Å²) >= 11 is 0. The van der Waals surface area contributed by atoms with Crippen LogP contribution in [0, 0.1) is 5.82 Å². The number of amides is 1. The first kappa shape index (κ1) is 18.8. The molecular weight excluding hydrogens is 333 g/mol. The largest absolute Gasteiger partial charge is 0.435 e. The van der Waals surface area contributed by atoms with E-state index in [0.29, 0.717) is 6.54 Å². The number of halogens is 3. The van der Waals surface area contributed by atoms with Gasteiger partial charge in [-0.15, -0.1) is 0 Å². The molecule has 2 aromatic rings. The number of ether oxygens (including phenoxy) is 1. The van der Waals surface area contributed by atoms with Crippen LogP contribution in [0.2, 0.25) is 0 Å². The number of benzene rings is 2. The van der Waals surface area contributed by atoms with Gasteiger partial charge >= 0.3 is 6.61 Å². The Labute approximate surface area is 144 Å². The average molecular weight is 352 g/mol. The van der Waals surface area contributed by atoms with E-state index < -0.39 is 18.5 Å². The molecule has 0 saturated carbocycles. The molecule has 4 nitrogen and oxygen atoms in total. The molecule has 0 heterocycles. The first-order chi connectivity index (χ1) is 11.9. The lowest BCUT2D eigenvalue weighted by atomic mass is 10.1. The highest BCUT2D eigenvalue weighted by Crippen LogP contribution is 2.17.